The third-order valence-corrected chi connectivity index (χ3v) is 4.81. The van der Waals surface area contributed by atoms with Crippen molar-refractivity contribution in [1.29, 1.82) is 0 Å². The van der Waals surface area contributed by atoms with Gasteiger partial charge in [0, 0.05) is 26.2 Å². The Hall–Kier alpha value is -2.18. The third kappa shape index (κ3) is 2.75. The standard InChI is InChI=1S/C16H22N6O/c23-14(20-6-4-5-7-20)11-22-16-13(10-19-22)15(17-12-18-16)21-8-2-1-3-9-21/h10,12H,1-9,11H2. The number of nitrogens with zero attached hydrogens (tertiary/aromatic N) is 6. The number of amides is 1. The Balaban J connectivity index is 1.60. The van der Waals surface area contributed by atoms with Gasteiger partial charge < -0.3 is 9.80 Å². The average Bonchev–Trinajstić information content (AvgIpc) is 3.26. The van der Waals surface area contributed by atoms with Gasteiger partial charge in [-0.15, -0.1) is 0 Å². The van der Waals surface area contributed by atoms with Crippen LogP contribution in [-0.2, 0) is 11.3 Å². The van der Waals surface area contributed by atoms with Crippen LogP contribution in [0.25, 0.3) is 11.0 Å². The van der Waals surface area contributed by atoms with Gasteiger partial charge in [0.05, 0.1) is 11.6 Å². The zero-order valence-electron chi connectivity index (χ0n) is 13.3. The lowest BCUT2D eigenvalue weighted by Gasteiger charge is -2.27. The van der Waals surface area contributed by atoms with Crippen molar-refractivity contribution in [2.45, 2.75) is 38.6 Å². The van der Waals surface area contributed by atoms with Crippen LogP contribution in [0, 0.1) is 0 Å². The molecule has 2 aliphatic heterocycles. The molecular weight excluding hydrogens is 292 g/mol. The maximum Gasteiger partial charge on any atom is 0.244 e. The highest BCUT2D eigenvalue weighted by Crippen LogP contribution is 2.25. The number of carbonyl (C=O) groups excluding carboxylic acids is 1. The van der Waals surface area contributed by atoms with Crippen LogP contribution in [0.3, 0.4) is 0 Å². The molecule has 2 aliphatic rings. The molecule has 7 nitrogen and oxygen atoms in total. The fourth-order valence-corrected chi connectivity index (χ4v) is 3.55. The van der Waals surface area contributed by atoms with Crippen LogP contribution < -0.4 is 4.90 Å². The summed E-state index contributed by atoms with van der Waals surface area (Å²) in [5, 5.41) is 5.35. The molecule has 2 saturated heterocycles. The summed E-state index contributed by atoms with van der Waals surface area (Å²) in [5.41, 5.74) is 0.758. The van der Waals surface area contributed by atoms with Gasteiger partial charge in [-0.2, -0.15) is 5.10 Å². The minimum Gasteiger partial charge on any atom is -0.356 e. The predicted molar refractivity (Wildman–Crippen MR) is 87.2 cm³/mol. The van der Waals surface area contributed by atoms with E-state index in [1.54, 1.807) is 17.2 Å². The lowest BCUT2D eigenvalue weighted by atomic mass is 10.1. The van der Waals surface area contributed by atoms with E-state index in [1.807, 2.05) is 4.90 Å². The summed E-state index contributed by atoms with van der Waals surface area (Å²) in [6.45, 7) is 4.06. The van der Waals surface area contributed by atoms with Crippen molar-refractivity contribution in [2.75, 3.05) is 31.1 Å². The zero-order chi connectivity index (χ0) is 15.6. The lowest BCUT2D eigenvalue weighted by Crippen LogP contribution is -2.31. The molecule has 0 unspecified atom stereocenters. The summed E-state index contributed by atoms with van der Waals surface area (Å²) in [7, 11) is 0. The fourth-order valence-electron chi connectivity index (χ4n) is 3.55. The average molecular weight is 314 g/mol. The highest BCUT2D eigenvalue weighted by molar-refractivity contribution is 5.88. The topological polar surface area (TPSA) is 67.2 Å². The molecular formula is C16H22N6O. The van der Waals surface area contributed by atoms with Gasteiger partial charge in [0.1, 0.15) is 18.7 Å². The SMILES string of the molecule is O=C(Cn1ncc2c(N3CCCCC3)ncnc21)N1CCCC1. The van der Waals surface area contributed by atoms with Gasteiger partial charge in [0.2, 0.25) is 5.91 Å². The summed E-state index contributed by atoms with van der Waals surface area (Å²) in [6, 6.07) is 0. The minimum absolute atomic E-state index is 0.130. The molecule has 2 aromatic heterocycles. The number of likely N-dealkylation sites (tertiary alicyclic amines) is 1. The van der Waals surface area contributed by atoms with E-state index in [0.29, 0.717) is 0 Å². The second-order valence-corrected chi connectivity index (χ2v) is 6.37. The van der Waals surface area contributed by atoms with Crippen LogP contribution in [-0.4, -0.2) is 56.7 Å². The fraction of sp³-hybridized carbons (Fsp3) is 0.625. The monoisotopic (exact) mass is 314 g/mol. The van der Waals surface area contributed by atoms with Crippen molar-refractivity contribution in [3.63, 3.8) is 0 Å². The highest BCUT2D eigenvalue weighted by atomic mass is 16.2. The maximum absolute atomic E-state index is 12.4. The van der Waals surface area contributed by atoms with Crippen molar-refractivity contribution in [1.82, 2.24) is 24.6 Å². The number of aromatic nitrogens is 4. The molecule has 23 heavy (non-hydrogen) atoms. The Kier molecular flexibility index (Phi) is 3.85. The van der Waals surface area contributed by atoms with Crippen LogP contribution in [0.2, 0.25) is 0 Å². The molecule has 0 atom stereocenters. The Morgan fingerprint density at radius 2 is 1.74 bits per heavy atom. The number of fused-ring (bicyclic) bond motifs is 1. The summed E-state index contributed by atoms with van der Waals surface area (Å²) in [4.78, 5) is 25.4. The second kappa shape index (κ2) is 6.14. The molecule has 0 radical (unpaired) electrons. The molecule has 4 heterocycles. The van der Waals surface area contributed by atoms with Crippen LogP contribution in [0.5, 0.6) is 0 Å². The van der Waals surface area contributed by atoms with E-state index in [-0.39, 0.29) is 12.5 Å². The van der Waals surface area contributed by atoms with E-state index in [0.717, 1.165) is 55.9 Å². The number of hydrogen-bond acceptors (Lipinski definition) is 5. The second-order valence-electron chi connectivity index (χ2n) is 6.37. The molecule has 2 fully saturated rings. The molecule has 0 N–H and O–H groups in total. The first kappa shape index (κ1) is 14.4. The number of piperidine rings is 1. The van der Waals surface area contributed by atoms with Crippen LogP contribution in [0.4, 0.5) is 5.82 Å². The quantitative estimate of drug-likeness (QED) is 0.857. The van der Waals surface area contributed by atoms with Crippen molar-refractivity contribution in [3.05, 3.63) is 12.5 Å². The molecule has 0 bridgehead atoms. The first-order chi connectivity index (χ1) is 11.3. The van der Waals surface area contributed by atoms with Crippen LogP contribution >= 0.6 is 0 Å². The van der Waals surface area contributed by atoms with Crippen LogP contribution in [0.15, 0.2) is 12.5 Å². The number of anilines is 1. The van der Waals surface area contributed by atoms with Gasteiger partial charge in [-0.3, -0.25) is 4.79 Å². The zero-order valence-corrected chi connectivity index (χ0v) is 13.3. The summed E-state index contributed by atoms with van der Waals surface area (Å²) >= 11 is 0. The number of carbonyl (C=O) groups is 1. The maximum atomic E-state index is 12.4. The molecule has 0 spiro atoms. The van der Waals surface area contributed by atoms with Gasteiger partial charge in [-0.25, -0.2) is 14.6 Å². The van der Waals surface area contributed by atoms with E-state index in [2.05, 4.69) is 20.0 Å². The summed E-state index contributed by atoms with van der Waals surface area (Å²) < 4.78 is 1.71. The lowest BCUT2D eigenvalue weighted by molar-refractivity contribution is -0.130. The molecule has 7 heteroatoms. The van der Waals surface area contributed by atoms with E-state index >= 15 is 0 Å². The number of hydrogen-bond donors (Lipinski definition) is 0. The first-order valence-corrected chi connectivity index (χ1v) is 8.52. The van der Waals surface area contributed by atoms with Crippen molar-refractivity contribution >= 4 is 22.8 Å². The highest BCUT2D eigenvalue weighted by Gasteiger charge is 2.21. The molecule has 0 saturated carbocycles. The Bertz CT molecular complexity index is 700. The Morgan fingerprint density at radius 3 is 2.52 bits per heavy atom. The van der Waals surface area contributed by atoms with E-state index in [9.17, 15) is 4.79 Å². The first-order valence-electron chi connectivity index (χ1n) is 8.52. The van der Waals surface area contributed by atoms with E-state index < -0.39 is 0 Å². The van der Waals surface area contributed by atoms with Crippen LogP contribution in [0.1, 0.15) is 32.1 Å². The molecule has 0 aromatic carbocycles. The largest absolute Gasteiger partial charge is 0.356 e. The summed E-state index contributed by atoms with van der Waals surface area (Å²) in [5.74, 6) is 1.08. The third-order valence-electron chi connectivity index (χ3n) is 4.81. The van der Waals surface area contributed by atoms with Gasteiger partial charge in [0.25, 0.3) is 0 Å². The molecule has 4 rings (SSSR count). The smallest absolute Gasteiger partial charge is 0.244 e. The van der Waals surface area contributed by atoms with E-state index in [1.165, 1.54) is 19.3 Å². The molecule has 122 valence electrons. The number of rotatable bonds is 3. The molecule has 0 aliphatic carbocycles. The van der Waals surface area contributed by atoms with Gasteiger partial charge >= 0.3 is 0 Å². The van der Waals surface area contributed by atoms with Gasteiger partial charge in [-0.1, -0.05) is 0 Å². The normalized spacial score (nSPS) is 18.8. The van der Waals surface area contributed by atoms with Gasteiger partial charge in [0.15, 0.2) is 5.65 Å². The van der Waals surface area contributed by atoms with Gasteiger partial charge in [-0.05, 0) is 32.1 Å². The van der Waals surface area contributed by atoms with E-state index in [4.69, 9.17) is 0 Å². The summed E-state index contributed by atoms with van der Waals surface area (Å²) in [6.07, 6.45) is 9.29. The minimum atomic E-state index is 0.130. The van der Waals surface area contributed by atoms with Crippen molar-refractivity contribution in [2.24, 2.45) is 0 Å². The Morgan fingerprint density at radius 1 is 1.00 bits per heavy atom. The van der Waals surface area contributed by atoms with Crippen molar-refractivity contribution < 1.29 is 4.79 Å². The molecule has 2 aromatic rings. The predicted octanol–water partition coefficient (Wildman–Crippen LogP) is 1.44. The Labute approximate surface area is 135 Å². The van der Waals surface area contributed by atoms with Crippen molar-refractivity contribution in [3.8, 4) is 0 Å². The molecule has 1 amide bonds.